The third kappa shape index (κ3) is 5.70. The lowest BCUT2D eigenvalue weighted by atomic mass is 9.81. The monoisotopic (exact) mass is 437 g/mol. The number of piperazine rings is 1. The number of carbonyl (C=O) groups excluding carboxylic acids is 1. The van der Waals surface area contributed by atoms with E-state index in [1.807, 2.05) is 0 Å². The molecule has 7 heteroatoms. The van der Waals surface area contributed by atoms with Gasteiger partial charge in [-0.2, -0.15) is 0 Å². The van der Waals surface area contributed by atoms with Crippen molar-refractivity contribution in [3.63, 3.8) is 0 Å². The summed E-state index contributed by atoms with van der Waals surface area (Å²) in [6, 6.07) is 13.2. The van der Waals surface area contributed by atoms with Crippen LogP contribution in [0.1, 0.15) is 37.1 Å². The van der Waals surface area contributed by atoms with Crippen LogP contribution in [0.15, 0.2) is 40.9 Å². The first-order valence-corrected chi connectivity index (χ1v) is 12.2. The molecule has 3 fully saturated rings. The van der Waals surface area contributed by atoms with Crippen LogP contribution in [-0.2, 0) is 17.8 Å². The zero-order valence-corrected chi connectivity index (χ0v) is 18.8. The fourth-order valence-electron chi connectivity index (χ4n) is 5.06. The predicted octanol–water partition coefficient (Wildman–Crippen LogP) is 2.43. The Hall–Kier alpha value is -2.38. The summed E-state index contributed by atoms with van der Waals surface area (Å²) in [5, 5.41) is 11.0. The molecule has 1 aliphatic carbocycles. The molecule has 3 aliphatic rings. The summed E-state index contributed by atoms with van der Waals surface area (Å²) in [5.74, 6) is 2.02. The van der Waals surface area contributed by atoms with Crippen molar-refractivity contribution in [3.8, 4) is 0 Å². The maximum absolute atomic E-state index is 12.3. The predicted molar refractivity (Wildman–Crippen MR) is 124 cm³/mol. The number of anilines is 1. The van der Waals surface area contributed by atoms with E-state index in [0.29, 0.717) is 24.3 Å². The fourth-order valence-corrected chi connectivity index (χ4v) is 5.06. The Morgan fingerprint density at radius 1 is 1.09 bits per heavy atom. The quantitative estimate of drug-likeness (QED) is 0.661. The first kappa shape index (κ1) is 21.5. The van der Waals surface area contributed by atoms with Crippen LogP contribution in [0.3, 0.4) is 0 Å². The van der Waals surface area contributed by atoms with Crippen LogP contribution in [0.4, 0.5) is 5.69 Å². The maximum Gasteiger partial charge on any atom is 0.220 e. The number of amides is 1. The summed E-state index contributed by atoms with van der Waals surface area (Å²) < 4.78 is 5.69. The summed E-state index contributed by atoms with van der Waals surface area (Å²) >= 11 is 0. The Morgan fingerprint density at radius 3 is 2.69 bits per heavy atom. The van der Waals surface area contributed by atoms with E-state index in [1.54, 1.807) is 0 Å². The van der Waals surface area contributed by atoms with Crippen LogP contribution < -0.4 is 15.5 Å². The minimum Gasteiger partial charge on any atom is -0.369 e. The normalized spacial score (nSPS) is 24.4. The Kier molecular flexibility index (Phi) is 6.74. The Balaban J connectivity index is 1.10. The number of benzene rings is 1. The molecule has 2 atom stereocenters. The maximum atomic E-state index is 12.3. The molecule has 0 radical (unpaired) electrons. The SMILES string of the molecule is O=C(CC1CCNCC1Cc1cc(CN2CCN(c3ccccc3)CC2)on1)NC1CC1. The van der Waals surface area contributed by atoms with Crippen LogP contribution >= 0.6 is 0 Å². The molecule has 2 unspecified atom stereocenters. The highest BCUT2D eigenvalue weighted by atomic mass is 16.5. The number of piperidine rings is 1. The third-order valence-corrected chi connectivity index (χ3v) is 7.11. The number of aromatic nitrogens is 1. The Labute approximate surface area is 190 Å². The van der Waals surface area contributed by atoms with Gasteiger partial charge in [0.2, 0.25) is 5.91 Å². The van der Waals surface area contributed by atoms with Crippen LogP contribution in [0.25, 0.3) is 0 Å². The van der Waals surface area contributed by atoms with E-state index in [4.69, 9.17) is 4.52 Å². The van der Waals surface area contributed by atoms with Crippen LogP contribution in [0.5, 0.6) is 0 Å². The lowest BCUT2D eigenvalue weighted by Gasteiger charge is -2.35. The summed E-state index contributed by atoms with van der Waals surface area (Å²) in [5.41, 5.74) is 2.32. The van der Waals surface area contributed by atoms with Gasteiger partial charge in [0, 0.05) is 50.4 Å². The van der Waals surface area contributed by atoms with Crippen LogP contribution in [-0.4, -0.2) is 61.3 Å². The number of nitrogens with zero attached hydrogens (tertiary/aromatic N) is 3. The molecule has 2 aliphatic heterocycles. The summed E-state index contributed by atoms with van der Waals surface area (Å²) in [6.07, 6.45) is 4.85. The van der Waals surface area contributed by atoms with E-state index in [-0.39, 0.29) is 5.91 Å². The van der Waals surface area contributed by atoms with Gasteiger partial charge in [0.15, 0.2) is 5.76 Å². The molecule has 1 amide bonds. The molecule has 5 rings (SSSR count). The average molecular weight is 438 g/mol. The zero-order chi connectivity index (χ0) is 21.8. The highest BCUT2D eigenvalue weighted by Crippen LogP contribution is 2.27. The molecule has 0 bridgehead atoms. The molecule has 2 saturated heterocycles. The van der Waals surface area contributed by atoms with Gasteiger partial charge in [0.1, 0.15) is 0 Å². The van der Waals surface area contributed by atoms with Gasteiger partial charge in [0.25, 0.3) is 0 Å². The lowest BCUT2D eigenvalue weighted by molar-refractivity contribution is -0.122. The molecule has 1 aromatic heterocycles. The Morgan fingerprint density at radius 2 is 1.91 bits per heavy atom. The fraction of sp³-hybridized carbons (Fsp3) is 0.600. The summed E-state index contributed by atoms with van der Waals surface area (Å²) in [7, 11) is 0. The second-order valence-electron chi connectivity index (χ2n) is 9.65. The zero-order valence-electron chi connectivity index (χ0n) is 18.8. The van der Waals surface area contributed by atoms with Crippen molar-refractivity contribution in [2.45, 2.75) is 44.7 Å². The second kappa shape index (κ2) is 10.0. The van der Waals surface area contributed by atoms with Gasteiger partial charge < -0.3 is 20.1 Å². The van der Waals surface area contributed by atoms with Crippen molar-refractivity contribution in [1.29, 1.82) is 0 Å². The number of nitrogens with one attached hydrogen (secondary N) is 2. The van der Waals surface area contributed by atoms with E-state index in [1.165, 1.54) is 5.69 Å². The molecular formula is C25H35N5O2. The topological polar surface area (TPSA) is 73.6 Å². The van der Waals surface area contributed by atoms with Crippen molar-refractivity contribution in [2.75, 3.05) is 44.2 Å². The minimum absolute atomic E-state index is 0.222. The molecule has 32 heavy (non-hydrogen) atoms. The standard InChI is InChI=1S/C25H35N5O2/c31-25(27-21-6-7-21)15-19-8-9-26-17-20(19)14-22-16-24(32-28-22)18-29-10-12-30(13-11-29)23-4-2-1-3-5-23/h1-5,16,19-21,26H,6-15,17-18H2,(H,27,31). The molecule has 2 aromatic rings. The van der Waals surface area contributed by atoms with Crippen molar-refractivity contribution < 1.29 is 9.32 Å². The molecule has 3 heterocycles. The minimum atomic E-state index is 0.222. The van der Waals surface area contributed by atoms with Gasteiger partial charge in [-0.3, -0.25) is 9.69 Å². The first-order chi connectivity index (χ1) is 15.7. The van der Waals surface area contributed by atoms with Crippen LogP contribution in [0.2, 0.25) is 0 Å². The summed E-state index contributed by atoms with van der Waals surface area (Å²) in [4.78, 5) is 17.2. The molecule has 172 valence electrons. The smallest absolute Gasteiger partial charge is 0.220 e. The van der Waals surface area contributed by atoms with Crippen molar-refractivity contribution >= 4 is 11.6 Å². The van der Waals surface area contributed by atoms with Gasteiger partial charge in [-0.15, -0.1) is 0 Å². The number of hydrogen-bond donors (Lipinski definition) is 2. The third-order valence-electron chi connectivity index (χ3n) is 7.11. The molecule has 2 N–H and O–H groups in total. The van der Waals surface area contributed by atoms with Gasteiger partial charge in [-0.05, 0) is 62.7 Å². The largest absolute Gasteiger partial charge is 0.369 e. The van der Waals surface area contributed by atoms with E-state index >= 15 is 0 Å². The van der Waals surface area contributed by atoms with E-state index in [9.17, 15) is 4.79 Å². The number of para-hydroxylation sites is 1. The average Bonchev–Trinajstić information content (AvgIpc) is 3.53. The van der Waals surface area contributed by atoms with Gasteiger partial charge in [-0.1, -0.05) is 23.4 Å². The summed E-state index contributed by atoms with van der Waals surface area (Å²) in [6.45, 7) is 6.87. The molecule has 7 nitrogen and oxygen atoms in total. The first-order valence-electron chi connectivity index (χ1n) is 12.2. The molecule has 1 aromatic carbocycles. The van der Waals surface area contributed by atoms with Gasteiger partial charge >= 0.3 is 0 Å². The highest BCUT2D eigenvalue weighted by molar-refractivity contribution is 5.76. The molecular weight excluding hydrogens is 402 g/mol. The second-order valence-corrected chi connectivity index (χ2v) is 9.65. The van der Waals surface area contributed by atoms with E-state index < -0.39 is 0 Å². The van der Waals surface area contributed by atoms with Gasteiger partial charge in [0.05, 0.1) is 12.2 Å². The lowest BCUT2D eigenvalue weighted by Crippen LogP contribution is -2.45. The highest BCUT2D eigenvalue weighted by Gasteiger charge is 2.30. The Bertz CT molecular complexity index is 873. The van der Waals surface area contributed by atoms with E-state index in [0.717, 1.165) is 83.0 Å². The molecule has 0 spiro atoms. The van der Waals surface area contributed by atoms with Crippen molar-refractivity contribution in [3.05, 3.63) is 47.9 Å². The van der Waals surface area contributed by atoms with Crippen molar-refractivity contribution in [1.82, 2.24) is 20.7 Å². The van der Waals surface area contributed by atoms with Crippen LogP contribution in [0, 0.1) is 11.8 Å². The number of hydrogen-bond acceptors (Lipinski definition) is 6. The number of carbonyl (C=O) groups is 1. The van der Waals surface area contributed by atoms with E-state index in [2.05, 4.69) is 62.0 Å². The number of rotatable bonds is 8. The van der Waals surface area contributed by atoms with Gasteiger partial charge in [-0.25, -0.2) is 0 Å². The van der Waals surface area contributed by atoms with Crippen molar-refractivity contribution in [2.24, 2.45) is 11.8 Å². The molecule has 1 saturated carbocycles.